The number of hydrogen-bond donors (Lipinski definition) is 1. The predicted octanol–water partition coefficient (Wildman–Crippen LogP) is 4.46. The fraction of sp³-hybridized carbons (Fsp3) is 0.286. The van der Waals surface area contributed by atoms with Crippen LogP contribution in [0.2, 0.25) is 0 Å². The minimum atomic E-state index is -0.652. The van der Waals surface area contributed by atoms with E-state index >= 15 is 0 Å². The number of benzene rings is 3. The van der Waals surface area contributed by atoms with E-state index in [1.807, 2.05) is 99.6 Å². The van der Waals surface area contributed by atoms with Crippen LogP contribution in [0.25, 0.3) is 0 Å². The van der Waals surface area contributed by atoms with Crippen molar-refractivity contribution >= 4 is 11.8 Å². The molecule has 2 amide bonds. The standard InChI is InChI=1S/C28H32N2O3/c1-4-29-28(32)26(18-23-13-6-5-7-14-23)30(19-24-15-9-8-12-22(24)3)27(31)20-33-25-16-10-11-21(2)17-25/h5-17,26H,4,18-20H2,1-3H3,(H,29,32). The summed E-state index contributed by atoms with van der Waals surface area (Å²) in [6, 6.07) is 24.7. The van der Waals surface area contributed by atoms with Crippen LogP contribution in [-0.2, 0) is 22.6 Å². The van der Waals surface area contributed by atoms with Crippen molar-refractivity contribution in [2.24, 2.45) is 0 Å². The fourth-order valence-corrected chi connectivity index (χ4v) is 3.75. The molecule has 0 bridgehead atoms. The van der Waals surface area contributed by atoms with Crippen molar-refractivity contribution in [1.82, 2.24) is 10.2 Å². The van der Waals surface area contributed by atoms with Crippen molar-refractivity contribution in [2.45, 2.75) is 39.8 Å². The second-order valence-corrected chi connectivity index (χ2v) is 8.15. The Morgan fingerprint density at radius 2 is 1.67 bits per heavy atom. The molecule has 0 aliphatic carbocycles. The first-order chi connectivity index (χ1) is 16.0. The topological polar surface area (TPSA) is 58.6 Å². The maximum atomic E-state index is 13.5. The van der Waals surface area contributed by atoms with Gasteiger partial charge in [0.2, 0.25) is 5.91 Å². The molecule has 0 saturated heterocycles. The van der Waals surface area contributed by atoms with Crippen molar-refractivity contribution in [2.75, 3.05) is 13.2 Å². The van der Waals surface area contributed by atoms with Crippen molar-refractivity contribution in [3.05, 3.63) is 101 Å². The Kier molecular flexibility index (Phi) is 8.64. The Morgan fingerprint density at radius 1 is 0.939 bits per heavy atom. The van der Waals surface area contributed by atoms with E-state index in [0.717, 1.165) is 22.3 Å². The molecular weight excluding hydrogens is 412 g/mol. The molecule has 0 radical (unpaired) electrons. The third-order valence-corrected chi connectivity index (χ3v) is 5.58. The Bertz CT molecular complexity index is 1070. The smallest absolute Gasteiger partial charge is 0.261 e. The molecule has 0 heterocycles. The lowest BCUT2D eigenvalue weighted by atomic mass is 10.0. The molecule has 0 spiro atoms. The number of hydrogen-bond acceptors (Lipinski definition) is 3. The largest absolute Gasteiger partial charge is 0.484 e. The third-order valence-electron chi connectivity index (χ3n) is 5.58. The summed E-state index contributed by atoms with van der Waals surface area (Å²) in [6.07, 6.45) is 0.425. The maximum Gasteiger partial charge on any atom is 0.261 e. The summed E-state index contributed by atoms with van der Waals surface area (Å²) < 4.78 is 5.81. The van der Waals surface area contributed by atoms with Crippen LogP contribution in [0.15, 0.2) is 78.9 Å². The highest BCUT2D eigenvalue weighted by molar-refractivity contribution is 5.88. The molecule has 0 saturated carbocycles. The summed E-state index contributed by atoms with van der Waals surface area (Å²) in [7, 11) is 0. The normalized spacial score (nSPS) is 11.5. The quantitative estimate of drug-likeness (QED) is 0.502. The summed E-state index contributed by atoms with van der Waals surface area (Å²) in [5.74, 6) is 0.239. The Hall–Kier alpha value is -3.60. The van der Waals surface area contributed by atoms with E-state index in [9.17, 15) is 9.59 Å². The van der Waals surface area contributed by atoms with Gasteiger partial charge in [0, 0.05) is 19.5 Å². The van der Waals surface area contributed by atoms with Crippen molar-refractivity contribution in [3.63, 3.8) is 0 Å². The molecule has 172 valence electrons. The summed E-state index contributed by atoms with van der Waals surface area (Å²) >= 11 is 0. The van der Waals surface area contributed by atoms with E-state index < -0.39 is 6.04 Å². The number of nitrogens with zero attached hydrogens (tertiary/aromatic N) is 1. The number of rotatable bonds is 10. The molecule has 5 heteroatoms. The van der Waals surface area contributed by atoms with Gasteiger partial charge in [-0.05, 0) is 55.2 Å². The molecule has 0 aliphatic heterocycles. The van der Waals surface area contributed by atoms with Crippen molar-refractivity contribution in [3.8, 4) is 5.75 Å². The lowest BCUT2D eigenvalue weighted by Gasteiger charge is -2.31. The summed E-state index contributed by atoms with van der Waals surface area (Å²) in [6.45, 7) is 6.56. The number of likely N-dealkylation sites (N-methyl/N-ethyl adjacent to an activating group) is 1. The van der Waals surface area contributed by atoms with E-state index in [1.54, 1.807) is 4.90 Å². The molecule has 0 aromatic heterocycles. The average molecular weight is 445 g/mol. The Morgan fingerprint density at radius 3 is 2.36 bits per heavy atom. The van der Waals surface area contributed by atoms with E-state index in [4.69, 9.17) is 4.74 Å². The number of aryl methyl sites for hydroxylation is 2. The van der Waals surface area contributed by atoms with Gasteiger partial charge in [0.25, 0.3) is 5.91 Å². The highest BCUT2D eigenvalue weighted by atomic mass is 16.5. The van der Waals surface area contributed by atoms with Gasteiger partial charge in [-0.3, -0.25) is 9.59 Å². The number of ether oxygens (including phenoxy) is 1. The zero-order valence-corrected chi connectivity index (χ0v) is 19.6. The predicted molar refractivity (Wildman–Crippen MR) is 131 cm³/mol. The van der Waals surface area contributed by atoms with Crippen LogP contribution in [0.3, 0.4) is 0 Å². The van der Waals surface area contributed by atoms with Crippen LogP contribution >= 0.6 is 0 Å². The molecule has 1 atom stereocenters. The van der Waals surface area contributed by atoms with Gasteiger partial charge >= 0.3 is 0 Å². The summed E-state index contributed by atoms with van der Waals surface area (Å²) in [5, 5.41) is 2.91. The van der Waals surface area contributed by atoms with Crippen LogP contribution in [0.4, 0.5) is 0 Å². The van der Waals surface area contributed by atoms with Gasteiger partial charge in [-0.15, -0.1) is 0 Å². The molecule has 1 unspecified atom stereocenters. The maximum absolute atomic E-state index is 13.5. The molecule has 33 heavy (non-hydrogen) atoms. The SMILES string of the molecule is CCNC(=O)C(Cc1ccccc1)N(Cc1ccccc1C)C(=O)COc1cccc(C)c1. The number of carbonyl (C=O) groups excluding carboxylic acids is 2. The summed E-state index contributed by atoms with van der Waals surface area (Å²) in [5.41, 5.74) is 4.13. The number of nitrogens with one attached hydrogen (secondary N) is 1. The second kappa shape index (κ2) is 11.9. The van der Waals surface area contributed by atoms with Crippen LogP contribution in [0.1, 0.15) is 29.2 Å². The van der Waals surface area contributed by atoms with Gasteiger partial charge in [0.1, 0.15) is 11.8 Å². The Balaban J connectivity index is 1.90. The molecular formula is C28H32N2O3. The summed E-state index contributed by atoms with van der Waals surface area (Å²) in [4.78, 5) is 28.3. The van der Waals surface area contributed by atoms with Crippen LogP contribution in [-0.4, -0.2) is 35.9 Å². The number of carbonyl (C=O) groups is 2. The molecule has 3 rings (SSSR count). The Labute approximate surface area is 196 Å². The van der Waals surface area contributed by atoms with E-state index in [1.165, 1.54) is 0 Å². The minimum absolute atomic E-state index is 0.139. The van der Waals surface area contributed by atoms with Gasteiger partial charge in [-0.1, -0.05) is 66.7 Å². The molecule has 3 aromatic rings. The van der Waals surface area contributed by atoms with E-state index in [0.29, 0.717) is 25.3 Å². The molecule has 1 N–H and O–H groups in total. The molecule has 0 aliphatic rings. The first-order valence-electron chi connectivity index (χ1n) is 11.3. The monoisotopic (exact) mass is 444 g/mol. The van der Waals surface area contributed by atoms with Gasteiger partial charge in [0.05, 0.1) is 0 Å². The second-order valence-electron chi connectivity index (χ2n) is 8.15. The van der Waals surface area contributed by atoms with E-state index in [-0.39, 0.29) is 18.4 Å². The fourth-order valence-electron chi connectivity index (χ4n) is 3.75. The highest BCUT2D eigenvalue weighted by Crippen LogP contribution is 2.18. The van der Waals surface area contributed by atoms with Crippen LogP contribution in [0.5, 0.6) is 5.75 Å². The zero-order chi connectivity index (χ0) is 23.6. The average Bonchev–Trinajstić information content (AvgIpc) is 2.82. The minimum Gasteiger partial charge on any atom is -0.484 e. The number of amides is 2. The zero-order valence-electron chi connectivity index (χ0n) is 19.6. The van der Waals surface area contributed by atoms with Gasteiger partial charge in [0.15, 0.2) is 6.61 Å². The van der Waals surface area contributed by atoms with E-state index in [2.05, 4.69) is 5.32 Å². The van der Waals surface area contributed by atoms with Crippen molar-refractivity contribution < 1.29 is 14.3 Å². The highest BCUT2D eigenvalue weighted by Gasteiger charge is 2.30. The van der Waals surface area contributed by atoms with Gasteiger partial charge in [-0.25, -0.2) is 0 Å². The first-order valence-corrected chi connectivity index (χ1v) is 11.3. The molecule has 0 fully saturated rings. The molecule has 5 nitrogen and oxygen atoms in total. The van der Waals surface area contributed by atoms with Crippen LogP contribution in [0, 0.1) is 13.8 Å². The molecule has 3 aromatic carbocycles. The lowest BCUT2D eigenvalue weighted by molar-refractivity contribution is -0.142. The van der Waals surface area contributed by atoms with Crippen molar-refractivity contribution in [1.29, 1.82) is 0 Å². The third kappa shape index (κ3) is 6.94. The first kappa shape index (κ1) is 24.1. The van der Waals surface area contributed by atoms with Gasteiger partial charge < -0.3 is 15.0 Å². The van der Waals surface area contributed by atoms with Crippen LogP contribution < -0.4 is 10.1 Å². The lowest BCUT2D eigenvalue weighted by Crippen LogP contribution is -2.51. The van der Waals surface area contributed by atoms with Gasteiger partial charge in [-0.2, -0.15) is 0 Å².